The highest BCUT2D eigenvalue weighted by molar-refractivity contribution is 8.15. The van der Waals surface area contributed by atoms with E-state index in [2.05, 4.69) is 10.3 Å². The summed E-state index contributed by atoms with van der Waals surface area (Å²) in [6.07, 6.45) is 1.17. The number of halogens is 1. The van der Waals surface area contributed by atoms with E-state index in [0.717, 1.165) is 0 Å². The van der Waals surface area contributed by atoms with Crippen molar-refractivity contribution < 1.29 is 22.7 Å². The number of anilines is 1. The van der Waals surface area contributed by atoms with E-state index in [-0.39, 0.29) is 40.6 Å². The van der Waals surface area contributed by atoms with Crippen LogP contribution in [0.25, 0.3) is 0 Å². The number of nitrogens with zero attached hydrogens (tertiary/aromatic N) is 2. The van der Waals surface area contributed by atoms with Crippen molar-refractivity contribution in [3.8, 4) is 0 Å². The first kappa shape index (κ1) is 22.4. The van der Waals surface area contributed by atoms with Gasteiger partial charge in [-0.1, -0.05) is 23.4 Å². The predicted octanol–water partition coefficient (Wildman–Crippen LogP) is 2.44. The molecule has 2 saturated heterocycles. The Bertz CT molecular complexity index is 1020. The summed E-state index contributed by atoms with van der Waals surface area (Å²) in [4.78, 5) is 31.1. The summed E-state index contributed by atoms with van der Waals surface area (Å²) in [5.74, 6) is -0.271. The summed E-state index contributed by atoms with van der Waals surface area (Å²) in [5.41, 5.74) is 1.05. The van der Waals surface area contributed by atoms with Crippen LogP contribution in [0.4, 0.5) is 5.69 Å². The lowest BCUT2D eigenvalue weighted by Gasteiger charge is -2.31. The Hall–Kier alpha value is -1.78. The van der Waals surface area contributed by atoms with Crippen LogP contribution >= 0.6 is 23.4 Å². The number of fused-ring (bicyclic) bond motifs is 1. The molecular weight excluding hydrogens is 462 g/mol. The lowest BCUT2D eigenvalue weighted by atomic mass is 9.96. The van der Waals surface area contributed by atoms with Gasteiger partial charge in [-0.25, -0.2) is 8.42 Å². The lowest BCUT2D eigenvalue weighted by Crippen LogP contribution is -2.40. The van der Waals surface area contributed by atoms with Gasteiger partial charge in [0.15, 0.2) is 15.0 Å². The molecule has 0 saturated carbocycles. The van der Waals surface area contributed by atoms with Gasteiger partial charge in [-0.2, -0.15) is 0 Å². The number of amides is 1. The maximum atomic E-state index is 13.0. The highest BCUT2D eigenvalue weighted by atomic mass is 35.5. The van der Waals surface area contributed by atoms with E-state index in [1.807, 2.05) is 0 Å². The first-order valence-electron chi connectivity index (χ1n) is 10.2. The van der Waals surface area contributed by atoms with Crippen LogP contribution in [0.5, 0.6) is 0 Å². The van der Waals surface area contributed by atoms with E-state index < -0.39 is 9.84 Å². The minimum atomic E-state index is -3.01. The molecule has 0 radical (unpaired) electrons. The molecule has 0 spiro atoms. The normalized spacial score (nSPS) is 25.1. The fraction of sp³-hybridized carbons (Fsp3) is 0.550. The van der Waals surface area contributed by atoms with Gasteiger partial charge in [0, 0.05) is 23.9 Å². The van der Waals surface area contributed by atoms with Crippen LogP contribution in [0, 0.1) is 5.92 Å². The summed E-state index contributed by atoms with van der Waals surface area (Å²) in [6, 6.07) is 4.80. The minimum Gasteiger partial charge on any atom is -0.466 e. The molecule has 168 valence electrons. The smallest absolute Gasteiger partial charge is 0.309 e. The average Bonchev–Trinajstić information content (AvgIpc) is 3.22. The van der Waals surface area contributed by atoms with E-state index in [0.29, 0.717) is 54.0 Å². The monoisotopic (exact) mass is 485 g/mol. The maximum absolute atomic E-state index is 13.0. The topological polar surface area (TPSA) is 105 Å². The fourth-order valence-electron chi connectivity index (χ4n) is 4.05. The number of hydrogen-bond acceptors (Lipinski definition) is 8. The van der Waals surface area contributed by atoms with Crippen LogP contribution in [0.1, 0.15) is 30.1 Å². The second-order valence-corrected chi connectivity index (χ2v) is 11.7. The molecule has 0 aliphatic carbocycles. The molecule has 2 fully saturated rings. The Morgan fingerprint density at radius 2 is 2.03 bits per heavy atom. The number of ether oxygens (including phenoxy) is 1. The third kappa shape index (κ3) is 5.01. The molecule has 1 aromatic carbocycles. The van der Waals surface area contributed by atoms with Crippen LogP contribution in [0.3, 0.4) is 0 Å². The first-order valence-corrected chi connectivity index (χ1v) is 13.3. The Balaban J connectivity index is 1.40. The zero-order chi connectivity index (χ0) is 22.2. The molecule has 8 nitrogen and oxygen atoms in total. The molecule has 2 atom stereocenters. The highest BCUT2D eigenvalue weighted by Crippen LogP contribution is 2.36. The van der Waals surface area contributed by atoms with Crippen LogP contribution in [-0.4, -0.2) is 72.9 Å². The van der Waals surface area contributed by atoms with Crippen molar-refractivity contribution in [2.75, 3.05) is 36.5 Å². The number of hydrogen-bond donors (Lipinski definition) is 1. The van der Waals surface area contributed by atoms with E-state index in [1.54, 1.807) is 30.0 Å². The van der Waals surface area contributed by atoms with E-state index >= 15 is 0 Å². The van der Waals surface area contributed by atoms with Crippen molar-refractivity contribution in [3.63, 3.8) is 0 Å². The molecule has 11 heteroatoms. The number of carbonyl (C=O) groups excluding carboxylic acids is 2. The number of rotatable bonds is 4. The molecule has 4 rings (SSSR count). The molecule has 31 heavy (non-hydrogen) atoms. The standard InChI is InChI=1S/C20H24ClN3O5S2/c1-2-29-19(26)12-5-7-24(8-6-12)18(25)13-3-4-14(21)15(9-13)22-20-23-16-10-31(27,28)11-17(16)30-20/h3-4,9,12,16-17H,2,5-8,10-11H2,1H3,(H,22,23)/t16-,17-/m1/s1. The van der Waals surface area contributed by atoms with Gasteiger partial charge in [-0.15, -0.1) is 0 Å². The van der Waals surface area contributed by atoms with E-state index in [1.165, 1.54) is 11.8 Å². The number of sulfone groups is 1. The predicted molar refractivity (Wildman–Crippen MR) is 122 cm³/mol. The second-order valence-electron chi connectivity index (χ2n) is 7.87. The molecule has 1 amide bonds. The highest BCUT2D eigenvalue weighted by Gasteiger charge is 2.42. The lowest BCUT2D eigenvalue weighted by molar-refractivity contribution is -0.149. The van der Waals surface area contributed by atoms with Crippen molar-refractivity contribution in [3.05, 3.63) is 28.8 Å². The number of aliphatic imine (C=N–C) groups is 1. The number of nitrogens with one attached hydrogen (secondary N) is 1. The summed E-state index contributed by atoms with van der Waals surface area (Å²) >= 11 is 7.71. The quantitative estimate of drug-likeness (QED) is 0.653. The molecule has 0 unspecified atom stereocenters. The molecule has 0 bridgehead atoms. The van der Waals surface area contributed by atoms with Crippen LogP contribution in [0.2, 0.25) is 5.02 Å². The van der Waals surface area contributed by atoms with E-state index in [4.69, 9.17) is 16.3 Å². The molecule has 3 aliphatic rings. The van der Waals surface area contributed by atoms with Crippen LogP contribution < -0.4 is 5.32 Å². The Morgan fingerprint density at radius 3 is 2.71 bits per heavy atom. The summed E-state index contributed by atoms with van der Waals surface area (Å²) in [5, 5.41) is 4.15. The fourth-order valence-corrected chi connectivity index (χ4v) is 7.88. The van der Waals surface area contributed by atoms with Gasteiger partial charge in [-0.05, 0) is 38.0 Å². The zero-order valence-electron chi connectivity index (χ0n) is 17.0. The number of thioether (sulfide) groups is 1. The Labute approximate surface area is 190 Å². The molecule has 3 aliphatic heterocycles. The van der Waals surface area contributed by atoms with E-state index in [9.17, 15) is 18.0 Å². The number of carbonyl (C=O) groups is 2. The molecule has 1 N–H and O–H groups in total. The maximum Gasteiger partial charge on any atom is 0.309 e. The van der Waals surface area contributed by atoms with Gasteiger partial charge in [0.05, 0.1) is 40.8 Å². The number of likely N-dealkylation sites (tertiary alicyclic amines) is 1. The van der Waals surface area contributed by atoms with Crippen LogP contribution in [-0.2, 0) is 19.4 Å². The van der Waals surface area contributed by atoms with Crippen molar-refractivity contribution in [2.24, 2.45) is 10.9 Å². The molecule has 0 aromatic heterocycles. The Kier molecular flexibility index (Phi) is 6.50. The zero-order valence-corrected chi connectivity index (χ0v) is 19.4. The number of amidine groups is 1. The molecule has 1 aromatic rings. The SMILES string of the molecule is CCOC(=O)C1CCN(C(=O)c2ccc(Cl)c(NC3=N[C@@H]4CS(=O)(=O)C[C@H]4S3)c2)CC1. The van der Waals surface area contributed by atoms with Crippen molar-refractivity contribution in [1.29, 1.82) is 0 Å². The summed E-state index contributed by atoms with van der Waals surface area (Å²) in [7, 11) is -3.01. The van der Waals surface area contributed by atoms with Gasteiger partial charge in [0.1, 0.15) is 0 Å². The van der Waals surface area contributed by atoms with Gasteiger partial charge < -0.3 is 15.0 Å². The van der Waals surface area contributed by atoms with Crippen molar-refractivity contribution in [2.45, 2.75) is 31.1 Å². The van der Waals surface area contributed by atoms with Crippen molar-refractivity contribution in [1.82, 2.24) is 4.90 Å². The first-order chi connectivity index (χ1) is 14.8. The third-order valence-electron chi connectivity index (χ3n) is 5.68. The number of benzene rings is 1. The second kappa shape index (κ2) is 8.99. The van der Waals surface area contributed by atoms with Crippen molar-refractivity contribution >= 4 is 55.9 Å². The van der Waals surface area contributed by atoms with Gasteiger partial charge >= 0.3 is 5.97 Å². The largest absolute Gasteiger partial charge is 0.466 e. The van der Waals surface area contributed by atoms with Crippen LogP contribution in [0.15, 0.2) is 23.2 Å². The summed E-state index contributed by atoms with van der Waals surface area (Å²) < 4.78 is 28.5. The number of esters is 1. The third-order valence-corrected chi connectivity index (χ3v) is 9.15. The van der Waals surface area contributed by atoms with Gasteiger partial charge in [0.25, 0.3) is 5.91 Å². The summed E-state index contributed by atoms with van der Waals surface area (Å²) in [6.45, 7) is 3.13. The van der Waals surface area contributed by atoms with Gasteiger partial charge in [-0.3, -0.25) is 14.6 Å². The Morgan fingerprint density at radius 1 is 1.29 bits per heavy atom. The minimum absolute atomic E-state index is 0.0724. The van der Waals surface area contributed by atoms with Gasteiger partial charge in [0.2, 0.25) is 0 Å². The average molecular weight is 486 g/mol. The molecule has 3 heterocycles. The molecular formula is C20H24ClN3O5S2. The number of piperidine rings is 1.